The van der Waals surface area contributed by atoms with Crippen molar-refractivity contribution in [3.8, 4) is 5.75 Å². The molecule has 2 rings (SSSR count). The second-order valence-electron chi connectivity index (χ2n) is 6.83. The third-order valence-electron chi connectivity index (χ3n) is 3.68. The van der Waals surface area contributed by atoms with Gasteiger partial charge in [0.1, 0.15) is 11.4 Å². The maximum Gasteiger partial charge on any atom is 0.416 e. The number of halogens is 3. The van der Waals surface area contributed by atoms with Crippen LogP contribution in [0.2, 0.25) is 0 Å². The summed E-state index contributed by atoms with van der Waals surface area (Å²) >= 11 is 0. The van der Waals surface area contributed by atoms with E-state index in [4.69, 9.17) is 9.47 Å². The summed E-state index contributed by atoms with van der Waals surface area (Å²) < 4.78 is 49.1. The Balaban J connectivity index is 2.24. The highest BCUT2D eigenvalue weighted by molar-refractivity contribution is 5.77. The summed E-state index contributed by atoms with van der Waals surface area (Å²) in [7, 11) is 1.33. The number of ether oxygens (including phenoxy) is 2. The molecule has 0 unspecified atom stereocenters. The summed E-state index contributed by atoms with van der Waals surface area (Å²) in [6.07, 6.45) is -2.37. The highest BCUT2D eigenvalue weighted by atomic mass is 19.4. The lowest BCUT2D eigenvalue weighted by Crippen LogP contribution is -2.39. The summed E-state index contributed by atoms with van der Waals surface area (Å²) in [6.45, 7) is 6.11. The first kappa shape index (κ1) is 19.1. The van der Waals surface area contributed by atoms with Crippen LogP contribution < -0.4 is 4.74 Å². The molecule has 1 aliphatic heterocycles. The van der Waals surface area contributed by atoms with Gasteiger partial charge in [-0.15, -0.1) is 0 Å². The van der Waals surface area contributed by atoms with Crippen molar-refractivity contribution in [3.63, 3.8) is 0 Å². The van der Waals surface area contributed by atoms with Gasteiger partial charge in [0, 0.05) is 18.7 Å². The van der Waals surface area contributed by atoms with Crippen molar-refractivity contribution in [2.24, 2.45) is 0 Å². The lowest BCUT2D eigenvalue weighted by Gasteiger charge is -2.30. The summed E-state index contributed by atoms with van der Waals surface area (Å²) in [5.41, 5.74) is -0.0928. The number of carbonyl (C=O) groups is 1. The van der Waals surface area contributed by atoms with E-state index >= 15 is 0 Å². The van der Waals surface area contributed by atoms with Gasteiger partial charge >= 0.3 is 12.3 Å². The molecular formula is C18H22F3NO3. The predicted octanol–water partition coefficient (Wildman–Crippen LogP) is 4.74. The van der Waals surface area contributed by atoms with Gasteiger partial charge in [0.2, 0.25) is 0 Å². The van der Waals surface area contributed by atoms with E-state index in [0.717, 1.165) is 17.7 Å². The number of methoxy groups -OCH3 is 1. The zero-order valence-electron chi connectivity index (χ0n) is 14.7. The summed E-state index contributed by atoms with van der Waals surface area (Å²) in [5, 5.41) is 0. The van der Waals surface area contributed by atoms with Crippen LogP contribution in [0, 0.1) is 0 Å². The third kappa shape index (κ3) is 4.90. The van der Waals surface area contributed by atoms with Crippen LogP contribution in [0.15, 0.2) is 24.3 Å². The molecule has 138 valence electrons. The van der Waals surface area contributed by atoms with Gasteiger partial charge in [0.25, 0.3) is 0 Å². The van der Waals surface area contributed by atoms with E-state index in [-0.39, 0.29) is 12.3 Å². The zero-order chi connectivity index (χ0) is 18.8. The fourth-order valence-electron chi connectivity index (χ4n) is 2.55. The van der Waals surface area contributed by atoms with Gasteiger partial charge in [-0.2, -0.15) is 13.2 Å². The molecule has 1 amide bonds. The molecule has 0 aromatic heterocycles. The quantitative estimate of drug-likeness (QED) is 0.767. The molecule has 25 heavy (non-hydrogen) atoms. The minimum absolute atomic E-state index is 0.132. The SMILES string of the molecule is COc1cc(C(F)(F)F)ccc1C1=CCCN(C(=O)OC(C)(C)C)C1. The van der Waals surface area contributed by atoms with Crippen LogP contribution in [0.4, 0.5) is 18.0 Å². The largest absolute Gasteiger partial charge is 0.496 e. The molecule has 0 N–H and O–H groups in total. The molecule has 0 bridgehead atoms. The molecule has 4 nitrogen and oxygen atoms in total. The average molecular weight is 357 g/mol. The molecule has 0 spiro atoms. The summed E-state index contributed by atoms with van der Waals surface area (Å²) in [5.74, 6) is 0.132. The Kier molecular flexibility index (Phi) is 5.34. The average Bonchev–Trinajstić information content (AvgIpc) is 2.52. The van der Waals surface area contributed by atoms with Gasteiger partial charge in [0.05, 0.1) is 12.7 Å². The minimum Gasteiger partial charge on any atom is -0.496 e. The Bertz CT molecular complexity index is 675. The van der Waals surface area contributed by atoms with Crippen LogP contribution in [-0.2, 0) is 10.9 Å². The first-order chi connectivity index (χ1) is 11.5. The first-order valence-electron chi connectivity index (χ1n) is 7.94. The van der Waals surface area contributed by atoms with E-state index in [2.05, 4.69) is 0 Å². The molecular weight excluding hydrogens is 335 g/mol. The molecule has 1 aliphatic rings. The smallest absolute Gasteiger partial charge is 0.416 e. The van der Waals surface area contributed by atoms with E-state index < -0.39 is 23.4 Å². The molecule has 0 saturated carbocycles. The predicted molar refractivity (Wildman–Crippen MR) is 88.4 cm³/mol. The minimum atomic E-state index is -4.44. The van der Waals surface area contributed by atoms with Gasteiger partial charge in [-0.3, -0.25) is 0 Å². The Morgan fingerprint density at radius 3 is 2.44 bits per heavy atom. The van der Waals surface area contributed by atoms with Crippen LogP contribution in [-0.4, -0.2) is 36.8 Å². The van der Waals surface area contributed by atoms with E-state index in [1.54, 1.807) is 20.8 Å². The number of rotatable bonds is 2. The standard InChI is InChI=1S/C18H22F3NO3/c1-17(2,3)25-16(23)22-9-5-6-12(11-22)14-8-7-13(18(19,20)21)10-15(14)24-4/h6-8,10H,5,9,11H2,1-4H3. The molecule has 0 fully saturated rings. The number of nitrogens with zero attached hydrogens (tertiary/aromatic N) is 1. The number of alkyl halides is 3. The van der Waals surface area contributed by atoms with Gasteiger partial charge in [-0.05, 0) is 44.9 Å². The second kappa shape index (κ2) is 6.98. The first-order valence-corrected chi connectivity index (χ1v) is 7.94. The Labute approximate surface area is 145 Å². The van der Waals surface area contributed by atoms with E-state index in [1.807, 2.05) is 6.08 Å². The molecule has 0 radical (unpaired) electrons. The highest BCUT2D eigenvalue weighted by Gasteiger charge is 2.32. The van der Waals surface area contributed by atoms with Gasteiger partial charge in [-0.1, -0.05) is 12.1 Å². The third-order valence-corrected chi connectivity index (χ3v) is 3.68. The summed E-state index contributed by atoms with van der Waals surface area (Å²) in [4.78, 5) is 13.8. The number of hydrogen-bond acceptors (Lipinski definition) is 3. The van der Waals surface area contributed by atoms with Crippen molar-refractivity contribution in [2.75, 3.05) is 20.2 Å². The summed E-state index contributed by atoms with van der Waals surface area (Å²) in [6, 6.07) is 3.37. The molecule has 1 aromatic rings. The molecule has 7 heteroatoms. The molecule has 0 atom stereocenters. The molecule has 1 heterocycles. The van der Waals surface area contributed by atoms with E-state index in [9.17, 15) is 18.0 Å². The van der Waals surface area contributed by atoms with Gasteiger partial charge < -0.3 is 14.4 Å². The normalized spacial score (nSPS) is 15.6. The monoisotopic (exact) mass is 357 g/mol. The highest BCUT2D eigenvalue weighted by Crippen LogP contribution is 2.36. The van der Waals surface area contributed by atoms with Gasteiger partial charge in [0.15, 0.2) is 0 Å². The lowest BCUT2D eigenvalue weighted by molar-refractivity contribution is -0.137. The zero-order valence-corrected chi connectivity index (χ0v) is 14.7. The van der Waals surface area contributed by atoms with Crippen LogP contribution >= 0.6 is 0 Å². The Morgan fingerprint density at radius 1 is 1.20 bits per heavy atom. The Morgan fingerprint density at radius 2 is 1.88 bits per heavy atom. The van der Waals surface area contributed by atoms with E-state index in [0.29, 0.717) is 18.5 Å². The molecule has 0 saturated heterocycles. The Hall–Kier alpha value is -2.18. The van der Waals surface area contributed by atoms with Crippen molar-refractivity contribution < 1.29 is 27.4 Å². The van der Waals surface area contributed by atoms with Crippen molar-refractivity contribution in [1.82, 2.24) is 4.90 Å². The second-order valence-corrected chi connectivity index (χ2v) is 6.83. The van der Waals surface area contributed by atoms with Crippen LogP contribution in [0.25, 0.3) is 5.57 Å². The van der Waals surface area contributed by atoms with Gasteiger partial charge in [-0.25, -0.2) is 4.79 Å². The molecule has 1 aromatic carbocycles. The van der Waals surface area contributed by atoms with Crippen molar-refractivity contribution >= 4 is 11.7 Å². The van der Waals surface area contributed by atoms with Crippen LogP contribution in [0.1, 0.15) is 38.3 Å². The maximum absolute atomic E-state index is 12.9. The van der Waals surface area contributed by atoms with Crippen LogP contribution in [0.5, 0.6) is 5.75 Å². The number of amides is 1. The molecule has 0 aliphatic carbocycles. The fourth-order valence-corrected chi connectivity index (χ4v) is 2.55. The maximum atomic E-state index is 12.9. The number of carbonyl (C=O) groups excluding carboxylic acids is 1. The van der Waals surface area contributed by atoms with Crippen LogP contribution in [0.3, 0.4) is 0 Å². The number of benzene rings is 1. The topological polar surface area (TPSA) is 38.8 Å². The lowest BCUT2D eigenvalue weighted by atomic mass is 9.98. The van der Waals surface area contributed by atoms with Crippen molar-refractivity contribution in [3.05, 3.63) is 35.4 Å². The van der Waals surface area contributed by atoms with Crippen molar-refractivity contribution in [2.45, 2.75) is 39.0 Å². The van der Waals surface area contributed by atoms with Crippen molar-refractivity contribution in [1.29, 1.82) is 0 Å². The van der Waals surface area contributed by atoms with E-state index in [1.165, 1.54) is 18.1 Å². The fraction of sp³-hybridized carbons (Fsp3) is 0.500. The number of hydrogen-bond donors (Lipinski definition) is 0.